The van der Waals surface area contributed by atoms with E-state index >= 15 is 0 Å². The predicted octanol–water partition coefficient (Wildman–Crippen LogP) is 5.08. The molecule has 0 N–H and O–H groups in total. The van der Waals surface area contributed by atoms with E-state index < -0.39 is 29.5 Å². The molecule has 1 aliphatic heterocycles. The molecule has 0 aromatic heterocycles. The fourth-order valence-electron chi connectivity index (χ4n) is 4.08. The molecular formula is C27H24ClF2N3O3. The summed E-state index contributed by atoms with van der Waals surface area (Å²) in [6.45, 7) is -0.0508. The largest absolute Gasteiger partial charge is 0.383 e. The lowest BCUT2D eigenvalue weighted by Gasteiger charge is -2.27. The van der Waals surface area contributed by atoms with E-state index in [1.165, 1.54) is 24.1 Å². The fraction of sp³-hybridized carbons (Fsp3) is 0.222. The zero-order chi connectivity index (χ0) is 25.7. The maximum Gasteiger partial charge on any atom is 0.262 e. The first-order valence-electron chi connectivity index (χ1n) is 11.3. The van der Waals surface area contributed by atoms with E-state index in [-0.39, 0.29) is 47.8 Å². The third-order valence-corrected chi connectivity index (χ3v) is 6.23. The molecule has 1 aliphatic rings. The number of ether oxygens (including phenoxy) is 1. The molecule has 9 heteroatoms. The van der Waals surface area contributed by atoms with Crippen molar-refractivity contribution in [2.75, 3.05) is 26.8 Å². The maximum atomic E-state index is 14.8. The minimum atomic E-state index is -0.798. The number of rotatable bonds is 8. The average Bonchev–Trinajstić information content (AvgIpc) is 3.32. The normalized spacial score (nSPS) is 15.1. The Morgan fingerprint density at radius 3 is 2.39 bits per heavy atom. The lowest BCUT2D eigenvalue weighted by atomic mass is 9.97. The molecule has 0 spiro atoms. The highest BCUT2D eigenvalue weighted by Gasteiger charge is 2.36. The van der Waals surface area contributed by atoms with Gasteiger partial charge in [-0.05, 0) is 24.3 Å². The molecule has 3 aromatic rings. The molecule has 1 heterocycles. The second kappa shape index (κ2) is 11.4. The quantitative estimate of drug-likeness (QED) is 0.423. The van der Waals surface area contributed by atoms with Crippen LogP contribution in [0.25, 0.3) is 0 Å². The first-order valence-corrected chi connectivity index (χ1v) is 11.7. The Kier molecular flexibility index (Phi) is 8.07. The molecule has 0 radical (unpaired) electrons. The zero-order valence-corrected chi connectivity index (χ0v) is 20.3. The Hall–Kier alpha value is -3.62. The monoisotopic (exact) mass is 511 g/mol. The average molecular weight is 512 g/mol. The Balaban J connectivity index is 1.67. The maximum absolute atomic E-state index is 14.8. The number of methoxy groups -OCH3 is 1. The van der Waals surface area contributed by atoms with Gasteiger partial charge in [-0.3, -0.25) is 9.59 Å². The van der Waals surface area contributed by atoms with Crippen LogP contribution in [0, 0.1) is 11.6 Å². The van der Waals surface area contributed by atoms with Crippen LogP contribution in [0.3, 0.4) is 0 Å². The zero-order valence-electron chi connectivity index (χ0n) is 19.5. The van der Waals surface area contributed by atoms with Crippen molar-refractivity contribution in [3.05, 3.63) is 106 Å². The van der Waals surface area contributed by atoms with Gasteiger partial charge in [0.1, 0.15) is 18.2 Å². The van der Waals surface area contributed by atoms with Gasteiger partial charge in [-0.2, -0.15) is 5.10 Å². The topological polar surface area (TPSA) is 62.2 Å². The summed E-state index contributed by atoms with van der Waals surface area (Å²) in [4.78, 5) is 28.1. The summed E-state index contributed by atoms with van der Waals surface area (Å²) in [5, 5.41) is 5.79. The van der Waals surface area contributed by atoms with Crippen molar-refractivity contribution < 1.29 is 23.1 Å². The second-order valence-corrected chi connectivity index (χ2v) is 8.61. The van der Waals surface area contributed by atoms with Crippen LogP contribution in [0.2, 0.25) is 5.02 Å². The lowest BCUT2D eigenvalue weighted by molar-refractivity contribution is -0.133. The number of halogens is 3. The molecule has 6 nitrogen and oxygen atoms in total. The SMILES string of the molecule is COCCN(CC(=O)N1N=C(c2ccccc2F)CC1c1ccccc1F)C(=O)c1ccccc1Cl. The van der Waals surface area contributed by atoms with E-state index in [9.17, 15) is 18.4 Å². The number of benzene rings is 3. The highest BCUT2D eigenvalue weighted by Crippen LogP contribution is 2.34. The summed E-state index contributed by atoms with van der Waals surface area (Å²) in [7, 11) is 1.49. The fourth-order valence-corrected chi connectivity index (χ4v) is 4.30. The minimum absolute atomic E-state index is 0.115. The summed E-state index contributed by atoms with van der Waals surface area (Å²) >= 11 is 6.21. The first-order chi connectivity index (χ1) is 17.4. The molecule has 0 saturated carbocycles. The molecule has 0 fully saturated rings. The van der Waals surface area contributed by atoms with E-state index in [4.69, 9.17) is 16.3 Å². The number of hydrogen-bond acceptors (Lipinski definition) is 4. The van der Waals surface area contributed by atoms with Crippen molar-refractivity contribution in [2.45, 2.75) is 12.5 Å². The molecule has 1 unspecified atom stereocenters. The van der Waals surface area contributed by atoms with Crippen LogP contribution in [0.4, 0.5) is 8.78 Å². The summed E-state index contributed by atoms with van der Waals surface area (Å²) in [6.07, 6.45) is 0.115. The molecule has 186 valence electrons. The van der Waals surface area contributed by atoms with Crippen molar-refractivity contribution in [3.8, 4) is 0 Å². The van der Waals surface area contributed by atoms with Crippen molar-refractivity contribution in [2.24, 2.45) is 5.10 Å². The number of amides is 2. The number of carbonyl (C=O) groups is 2. The Bertz CT molecular complexity index is 1300. The van der Waals surface area contributed by atoms with E-state index in [1.54, 1.807) is 60.7 Å². The molecule has 0 aliphatic carbocycles. The van der Waals surface area contributed by atoms with Crippen LogP contribution in [0.15, 0.2) is 77.9 Å². The van der Waals surface area contributed by atoms with Crippen LogP contribution >= 0.6 is 11.6 Å². The van der Waals surface area contributed by atoms with Gasteiger partial charge < -0.3 is 9.64 Å². The summed E-state index contributed by atoms with van der Waals surface area (Å²) in [5.41, 5.74) is 1.04. The minimum Gasteiger partial charge on any atom is -0.383 e. The van der Waals surface area contributed by atoms with Crippen LogP contribution in [-0.2, 0) is 9.53 Å². The van der Waals surface area contributed by atoms with Gasteiger partial charge in [0.15, 0.2) is 0 Å². The third-order valence-electron chi connectivity index (χ3n) is 5.90. The molecule has 36 heavy (non-hydrogen) atoms. The molecule has 4 rings (SSSR count). The summed E-state index contributed by atoms with van der Waals surface area (Å²) in [6, 6.07) is 17.9. The Morgan fingerprint density at radius 2 is 1.69 bits per heavy atom. The van der Waals surface area contributed by atoms with E-state index in [0.29, 0.717) is 5.71 Å². The lowest BCUT2D eigenvalue weighted by Crippen LogP contribution is -2.43. The Labute approximate surface area is 212 Å². The van der Waals surface area contributed by atoms with Crippen molar-refractivity contribution in [1.82, 2.24) is 9.91 Å². The van der Waals surface area contributed by atoms with Gasteiger partial charge in [0.25, 0.3) is 11.8 Å². The van der Waals surface area contributed by atoms with E-state index in [0.717, 1.165) is 5.01 Å². The Morgan fingerprint density at radius 1 is 1.03 bits per heavy atom. The number of hydrogen-bond donors (Lipinski definition) is 0. The highest BCUT2D eigenvalue weighted by molar-refractivity contribution is 6.33. The van der Waals surface area contributed by atoms with Crippen LogP contribution < -0.4 is 0 Å². The van der Waals surface area contributed by atoms with Crippen LogP contribution in [0.5, 0.6) is 0 Å². The molecule has 1 atom stereocenters. The summed E-state index contributed by atoms with van der Waals surface area (Å²) in [5.74, 6) is -2.00. The van der Waals surface area contributed by atoms with Gasteiger partial charge in [0, 0.05) is 31.2 Å². The van der Waals surface area contributed by atoms with Crippen molar-refractivity contribution in [1.29, 1.82) is 0 Å². The van der Waals surface area contributed by atoms with Gasteiger partial charge in [0.2, 0.25) is 0 Å². The number of nitrogens with zero attached hydrogens (tertiary/aromatic N) is 3. The van der Waals surface area contributed by atoms with Gasteiger partial charge in [0.05, 0.1) is 28.9 Å². The molecule has 3 aromatic carbocycles. The first kappa shape index (κ1) is 25.5. The molecule has 0 saturated heterocycles. The highest BCUT2D eigenvalue weighted by atomic mass is 35.5. The van der Waals surface area contributed by atoms with Gasteiger partial charge in [-0.25, -0.2) is 13.8 Å². The smallest absolute Gasteiger partial charge is 0.262 e. The molecular weight excluding hydrogens is 488 g/mol. The van der Waals surface area contributed by atoms with Gasteiger partial charge in [-0.15, -0.1) is 0 Å². The van der Waals surface area contributed by atoms with Crippen LogP contribution in [0.1, 0.15) is 33.9 Å². The standard InChI is InChI=1S/C27H24ClF2N3O3/c1-36-15-14-32(27(35)18-8-2-5-11-21(18)28)17-26(34)33-25(20-10-4-7-13-23(20)30)16-24(31-33)19-9-3-6-12-22(19)29/h2-13,25H,14-17H2,1H3. The van der Waals surface area contributed by atoms with Crippen molar-refractivity contribution >= 4 is 29.1 Å². The van der Waals surface area contributed by atoms with E-state index in [2.05, 4.69) is 5.10 Å². The van der Waals surface area contributed by atoms with Crippen LogP contribution in [-0.4, -0.2) is 54.2 Å². The number of hydrazone groups is 1. The number of carbonyl (C=O) groups excluding carboxylic acids is 2. The van der Waals surface area contributed by atoms with Gasteiger partial charge in [-0.1, -0.05) is 60.1 Å². The third kappa shape index (κ3) is 5.45. The second-order valence-electron chi connectivity index (χ2n) is 8.21. The summed E-state index contributed by atoms with van der Waals surface area (Å²) < 4.78 is 34.4. The van der Waals surface area contributed by atoms with Gasteiger partial charge >= 0.3 is 0 Å². The molecule has 2 amide bonds. The van der Waals surface area contributed by atoms with E-state index in [1.807, 2.05) is 0 Å². The van der Waals surface area contributed by atoms with Crippen molar-refractivity contribution in [3.63, 3.8) is 0 Å². The molecule has 0 bridgehead atoms. The predicted molar refractivity (Wildman–Crippen MR) is 133 cm³/mol.